The molecule has 0 aliphatic carbocycles. The average Bonchev–Trinajstić information content (AvgIpc) is 3.39. The van der Waals surface area contributed by atoms with Gasteiger partial charge in [-0.15, -0.1) is 0 Å². The predicted octanol–water partition coefficient (Wildman–Crippen LogP) is 6.28. The molecular formula is C28H22Cl2N4O3. The third kappa shape index (κ3) is 3.31. The quantitative estimate of drug-likeness (QED) is 0.335. The molecule has 0 saturated heterocycles. The smallest absolute Gasteiger partial charge is 0.279 e. The van der Waals surface area contributed by atoms with Crippen LogP contribution in [0.15, 0.2) is 54.6 Å². The summed E-state index contributed by atoms with van der Waals surface area (Å²) in [6.45, 7) is 4.05. The highest BCUT2D eigenvalue weighted by molar-refractivity contribution is 6.35. The highest BCUT2D eigenvalue weighted by Gasteiger charge is 2.48. The fourth-order valence-electron chi connectivity index (χ4n) is 5.46. The monoisotopic (exact) mass is 532 g/mol. The summed E-state index contributed by atoms with van der Waals surface area (Å²) in [6, 6.07) is 15.6. The first kappa shape index (κ1) is 23.6. The number of ether oxygens (including phenoxy) is 1. The second-order valence-electron chi connectivity index (χ2n) is 9.36. The van der Waals surface area contributed by atoms with Crippen molar-refractivity contribution in [2.45, 2.75) is 25.9 Å². The molecule has 0 bridgehead atoms. The van der Waals surface area contributed by atoms with Gasteiger partial charge in [0.25, 0.3) is 5.91 Å². The molecule has 1 atom stereocenters. The van der Waals surface area contributed by atoms with Crippen molar-refractivity contribution >= 4 is 40.7 Å². The zero-order chi connectivity index (χ0) is 26.2. The van der Waals surface area contributed by atoms with E-state index in [1.807, 2.05) is 54.8 Å². The normalized spacial score (nSPS) is 15.4. The number of nitrogens with two attached hydrogens (primary N) is 1. The minimum Gasteiger partial charge on any atom is -0.496 e. The molecule has 2 aliphatic rings. The number of benzene rings is 3. The maximum atomic E-state index is 14.0. The minimum atomic E-state index is -0.562. The molecule has 37 heavy (non-hydrogen) atoms. The number of primary amides is 1. The summed E-state index contributed by atoms with van der Waals surface area (Å²) < 4.78 is 7.64. The molecule has 2 N–H and O–H groups in total. The van der Waals surface area contributed by atoms with E-state index in [1.165, 1.54) is 0 Å². The number of imidazole rings is 1. The SMILES string of the molecule is COc1ccc(C(N)=O)cc1-c1nc2c(n1C(C)C)C1c3ccc(Cl)cc3-c3c(Cl)cccc3N1C2=O. The molecule has 1 aromatic heterocycles. The summed E-state index contributed by atoms with van der Waals surface area (Å²) >= 11 is 13.1. The lowest BCUT2D eigenvalue weighted by Crippen LogP contribution is -2.33. The van der Waals surface area contributed by atoms with Gasteiger partial charge in [0.1, 0.15) is 17.6 Å². The number of nitrogens with zero attached hydrogens (tertiary/aromatic N) is 3. The Balaban J connectivity index is 1.66. The van der Waals surface area contributed by atoms with Crippen LogP contribution in [0, 0.1) is 0 Å². The summed E-state index contributed by atoms with van der Waals surface area (Å²) in [5, 5.41) is 1.12. The molecule has 2 amide bonds. The van der Waals surface area contributed by atoms with Gasteiger partial charge < -0.3 is 15.0 Å². The van der Waals surface area contributed by atoms with Gasteiger partial charge in [0.2, 0.25) is 5.91 Å². The molecule has 2 aliphatic heterocycles. The van der Waals surface area contributed by atoms with E-state index in [-0.39, 0.29) is 11.9 Å². The Hall–Kier alpha value is -3.81. The maximum absolute atomic E-state index is 14.0. The Morgan fingerprint density at radius 3 is 2.57 bits per heavy atom. The molecule has 7 nitrogen and oxygen atoms in total. The van der Waals surface area contributed by atoms with Crippen LogP contribution in [0.5, 0.6) is 5.75 Å². The molecule has 0 saturated carbocycles. The number of halogens is 2. The average molecular weight is 533 g/mol. The number of carbonyl (C=O) groups is 2. The van der Waals surface area contributed by atoms with Crippen molar-refractivity contribution in [3.8, 4) is 28.3 Å². The zero-order valence-electron chi connectivity index (χ0n) is 20.3. The number of rotatable bonds is 4. The van der Waals surface area contributed by atoms with E-state index in [4.69, 9.17) is 38.7 Å². The van der Waals surface area contributed by atoms with Crippen molar-refractivity contribution in [1.82, 2.24) is 9.55 Å². The Kier molecular flexibility index (Phi) is 5.33. The van der Waals surface area contributed by atoms with Gasteiger partial charge in [-0.05, 0) is 67.4 Å². The summed E-state index contributed by atoms with van der Waals surface area (Å²) in [7, 11) is 1.55. The molecule has 3 heterocycles. The van der Waals surface area contributed by atoms with E-state index in [9.17, 15) is 9.59 Å². The van der Waals surface area contributed by atoms with Crippen LogP contribution in [-0.4, -0.2) is 28.5 Å². The Labute approximate surface area is 223 Å². The first-order valence-corrected chi connectivity index (χ1v) is 12.5. The molecule has 6 rings (SSSR count). The molecule has 9 heteroatoms. The van der Waals surface area contributed by atoms with Crippen molar-refractivity contribution in [3.63, 3.8) is 0 Å². The van der Waals surface area contributed by atoms with Crippen molar-refractivity contribution in [3.05, 3.63) is 87.2 Å². The number of fused-ring (bicyclic) bond motifs is 8. The van der Waals surface area contributed by atoms with Crippen molar-refractivity contribution in [2.24, 2.45) is 5.73 Å². The largest absolute Gasteiger partial charge is 0.496 e. The fraction of sp³-hybridized carbons (Fsp3) is 0.179. The first-order valence-electron chi connectivity index (χ1n) is 11.7. The van der Waals surface area contributed by atoms with Gasteiger partial charge in [-0.25, -0.2) is 4.98 Å². The molecular weight excluding hydrogens is 511 g/mol. The number of anilines is 1. The van der Waals surface area contributed by atoms with Gasteiger partial charge in [0.15, 0.2) is 5.69 Å². The number of carbonyl (C=O) groups excluding carboxylic acids is 2. The van der Waals surface area contributed by atoms with Gasteiger partial charge >= 0.3 is 0 Å². The van der Waals surface area contributed by atoms with Gasteiger partial charge in [-0.2, -0.15) is 0 Å². The predicted molar refractivity (Wildman–Crippen MR) is 144 cm³/mol. The zero-order valence-corrected chi connectivity index (χ0v) is 21.8. The summed E-state index contributed by atoms with van der Waals surface area (Å²) in [6.07, 6.45) is 0. The summed E-state index contributed by atoms with van der Waals surface area (Å²) in [5.41, 5.74) is 10.8. The molecule has 3 aromatic carbocycles. The lowest BCUT2D eigenvalue weighted by molar-refractivity contribution is 0.0985. The van der Waals surface area contributed by atoms with Crippen LogP contribution < -0.4 is 15.4 Å². The van der Waals surface area contributed by atoms with Crippen molar-refractivity contribution < 1.29 is 14.3 Å². The van der Waals surface area contributed by atoms with E-state index in [0.717, 1.165) is 22.4 Å². The van der Waals surface area contributed by atoms with Crippen LogP contribution in [0.3, 0.4) is 0 Å². The van der Waals surface area contributed by atoms with E-state index >= 15 is 0 Å². The van der Waals surface area contributed by atoms with E-state index in [0.29, 0.717) is 44.1 Å². The van der Waals surface area contributed by atoms with Crippen LogP contribution in [0.2, 0.25) is 10.0 Å². The second kappa shape index (κ2) is 8.36. The topological polar surface area (TPSA) is 90.5 Å². The van der Waals surface area contributed by atoms with Gasteiger partial charge in [-0.1, -0.05) is 35.3 Å². The fourth-order valence-corrected chi connectivity index (χ4v) is 5.91. The Morgan fingerprint density at radius 1 is 1.08 bits per heavy atom. The molecule has 0 radical (unpaired) electrons. The number of amides is 2. The third-order valence-electron chi connectivity index (χ3n) is 6.96. The van der Waals surface area contributed by atoms with Crippen LogP contribution in [-0.2, 0) is 0 Å². The molecule has 186 valence electrons. The van der Waals surface area contributed by atoms with Crippen LogP contribution in [0.1, 0.15) is 58.0 Å². The number of methoxy groups -OCH3 is 1. The standard InChI is InChI=1S/C28H22Cl2N4O3/c1-13(2)33-25-23(32-27(33)18-11-14(26(31)35)7-10-21(18)37-3)28(36)34-20-6-4-5-19(30)22(20)17-12-15(29)8-9-16(17)24(25)34/h4-13,24H,1-3H3,(H2,31,35). The van der Waals surface area contributed by atoms with E-state index in [1.54, 1.807) is 30.2 Å². The van der Waals surface area contributed by atoms with E-state index < -0.39 is 11.9 Å². The minimum absolute atomic E-state index is 0.0718. The van der Waals surface area contributed by atoms with Gasteiger partial charge in [0.05, 0.1) is 29.1 Å². The third-order valence-corrected chi connectivity index (χ3v) is 7.51. The highest BCUT2D eigenvalue weighted by atomic mass is 35.5. The molecule has 1 unspecified atom stereocenters. The van der Waals surface area contributed by atoms with Crippen LogP contribution in [0.4, 0.5) is 5.69 Å². The molecule has 0 spiro atoms. The highest BCUT2D eigenvalue weighted by Crippen LogP contribution is 2.55. The lowest BCUT2D eigenvalue weighted by Gasteiger charge is -2.35. The van der Waals surface area contributed by atoms with Gasteiger partial charge in [0, 0.05) is 22.2 Å². The van der Waals surface area contributed by atoms with E-state index in [2.05, 4.69) is 0 Å². The summed E-state index contributed by atoms with van der Waals surface area (Å²) in [4.78, 5) is 32.6. The molecule has 4 aromatic rings. The molecule has 0 fully saturated rings. The van der Waals surface area contributed by atoms with Crippen molar-refractivity contribution in [2.75, 3.05) is 12.0 Å². The van der Waals surface area contributed by atoms with Crippen LogP contribution in [0.25, 0.3) is 22.5 Å². The Morgan fingerprint density at radius 2 is 1.86 bits per heavy atom. The Bertz CT molecular complexity index is 1640. The van der Waals surface area contributed by atoms with Crippen LogP contribution >= 0.6 is 23.2 Å². The number of hydrogen-bond donors (Lipinski definition) is 1. The number of hydrogen-bond acceptors (Lipinski definition) is 4. The maximum Gasteiger partial charge on any atom is 0.279 e. The van der Waals surface area contributed by atoms with Gasteiger partial charge in [-0.3, -0.25) is 14.5 Å². The second-order valence-corrected chi connectivity index (χ2v) is 10.2. The number of aromatic nitrogens is 2. The van der Waals surface area contributed by atoms with Crippen molar-refractivity contribution in [1.29, 1.82) is 0 Å². The first-order chi connectivity index (χ1) is 17.7. The lowest BCUT2D eigenvalue weighted by atomic mass is 9.88. The summed E-state index contributed by atoms with van der Waals surface area (Å²) in [5.74, 6) is 0.260.